The highest BCUT2D eigenvalue weighted by atomic mass is 16.7. The molecule has 1 aliphatic carbocycles. The van der Waals surface area contributed by atoms with Gasteiger partial charge in [0.25, 0.3) is 0 Å². The highest BCUT2D eigenvalue weighted by molar-refractivity contribution is 5.89. The molecule has 268 valence electrons. The van der Waals surface area contributed by atoms with Crippen LogP contribution >= 0.6 is 0 Å². The number of carbonyl (C=O) groups is 2. The number of carbonyl (C=O) groups excluding carboxylic acids is 2. The Balaban J connectivity index is 1.61. The normalized spacial score (nSPS) is 27.3. The average Bonchev–Trinajstić information content (AvgIpc) is 3.42. The van der Waals surface area contributed by atoms with Gasteiger partial charge in [0.2, 0.25) is 0 Å². The van der Waals surface area contributed by atoms with Crippen LogP contribution in [-0.2, 0) is 33.2 Å². The molecule has 1 saturated carbocycles. The molecule has 7 atom stereocenters. The third kappa shape index (κ3) is 12.1. The van der Waals surface area contributed by atoms with Gasteiger partial charge in [-0.1, -0.05) is 76.1 Å². The van der Waals surface area contributed by atoms with Gasteiger partial charge < -0.3 is 28.4 Å². The first-order valence-corrected chi connectivity index (χ1v) is 18.5. The maximum absolute atomic E-state index is 13.4. The zero-order valence-corrected chi connectivity index (χ0v) is 29.8. The lowest BCUT2D eigenvalue weighted by Gasteiger charge is -2.36. The fraction of sp³-hybridized carbons (Fsp3) is 0.700. The molecule has 1 aromatic rings. The van der Waals surface area contributed by atoms with Gasteiger partial charge >= 0.3 is 11.9 Å². The number of benzene rings is 1. The molecule has 4 rings (SSSR count). The van der Waals surface area contributed by atoms with E-state index in [1.165, 1.54) is 7.11 Å². The monoisotopic (exact) mass is 668 g/mol. The van der Waals surface area contributed by atoms with Gasteiger partial charge in [-0.2, -0.15) is 0 Å². The highest BCUT2D eigenvalue weighted by Crippen LogP contribution is 2.42. The molecule has 3 fully saturated rings. The number of ether oxygens (including phenoxy) is 6. The Labute approximate surface area is 288 Å². The van der Waals surface area contributed by atoms with Crippen molar-refractivity contribution in [3.8, 4) is 0 Å². The molecular weight excluding hydrogens is 608 g/mol. The Kier molecular flexibility index (Phi) is 16.1. The van der Waals surface area contributed by atoms with E-state index in [0.717, 1.165) is 83.7 Å². The second-order valence-corrected chi connectivity index (χ2v) is 14.3. The van der Waals surface area contributed by atoms with Crippen molar-refractivity contribution in [1.29, 1.82) is 0 Å². The Morgan fingerprint density at radius 3 is 2.35 bits per heavy atom. The first-order valence-electron chi connectivity index (χ1n) is 18.5. The van der Waals surface area contributed by atoms with Crippen molar-refractivity contribution in [2.75, 3.05) is 20.3 Å². The van der Waals surface area contributed by atoms with Crippen LogP contribution in [0.1, 0.15) is 121 Å². The largest absolute Gasteiger partial charge is 0.469 e. The van der Waals surface area contributed by atoms with Gasteiger partial charge in [0.15, 0.2) is 12.6 Å². The molecule has 1 aromatic carbocycles. The number of hydrogen-bond donors (Lipinski definition) is 0. The van der Waals surface area contributed by atoms with Gasteiger partial charge in [0.05, 0.1) is 24.9 Å². The van der Waals surface area contributed by atoms with Crippen molar-refractivity contribution < 1.29 is 38.0 Å². The summed E-state index contributed by atoms with van der Waals surface area (Å²) in [6.07, 6.45) is 20.2. The van der Waals surface area contributed by atoms with Crippen molar-refractivity contribution in [3.63, 3.8) is 0 Å². The number of esters is 2. The minimum absolute atomic E-state index is 0.0579. The first kappa shape index (κ1) is 38.3. The molecular formula is C40H60O8. The van der Waals surface area contributed by atoms with E-state index in [9.17, 15) is 9.59 Å². The van der Waals surface area contributed by atoms with E-state index < -0.39 is 0 Å². The van der Waals surface area contributed by atoms with E-state index in [1.807, 2.05) is 18.2 Å². The zero-order valence-electron chi connectivity index (χ0n) is 29.8. The molecule has 8 nitrogen and oxygen atoms in total. The molecule has 0 aromatic heterocycles. The van der Waals surface area contributed by atoms with Crippen molar-refractivity contribution in [2.45, 2.75) is 142 Å². The summed E-state index contributed by atoms with van der Waals surface area (Å²) in [6, 6.07) is 9.21. The summed E-state index contributed by atoms with van der Waals surface area (Å²) in [5.74, 6) is -0.545. The maximum Gasteiger partial charge on any atom is 0.338 e. The van der Waals surface area contributed by atoms with E-state index >= 15 is 0 Å². The Morgan fingerprint density at radius 2 is 1.69 bits per heavy atom. The van der Waals surface area contributed by atoms with Crippen LogP contribution in [0.2, 0.25) is 0 Å². The standard InChI is InChI=1S/C40H60O8/c1-5-6-26-40(2,3)35(48-38-23-15-17-28-45-38)25-24-32-31(20-12-7-8-13-21-36(41)43-4)33(46-37-22-14-16-27-44-37)29-34(32)47-39(42)30-18-10-9-11-19-30/h7,9-12,18-19,24-25,31-35,37-38H,5-6,8,13-17,20-23,26-29H2,1-4H3/t31-,32-,33+,34-,35-,37?,38?/m1/s1. The third-order valence-electron chi connectivity index (χ3n) is 10.0. The summed E-state index contributed by atoms with van der Waals surface area (Å²) in [5.41, 5.74) is 0.432. The van der Waals surface area contributed by atoms with E-state index in [2.05, 4.69) is 45.1 Å². The van der Waals surface area contributed by atoms with Crippen LogP contribution in [0.5, 0.6) is 0 Å². The Bertz CT molecular complexity index is 1140. The lowest BCUT2D eigenvalue weighted by atomic mass is 9.80. The molecule has 0 radical (unpaired) electrons. The second kappa shape index (κ2) is 20.2. The van der Waals surface area contributed by atoms with Gasteiger partial charge in [0, 0.05) is 32.0 Å². The summed E-state index contributed by atoms with van der Waals surface area (Å²) in [5, 5.41) is 0. The Morgan fingerprint density at radius 1 is 0.958 bits per heavy atom. The number of methoxy groups -OCH3 is 1. The van der Waals surface area contributed by atoms with Crippen molar-refractivity contribution in [3.05, 3.63) is 60.2 Å². The summed E-state index contributed by atoms with van der Waals surface area (Å²) in [6.45, 7) is 8.21. The van der Waals surface area contributed by atoms with Gasteiger partial charge in [-0.3, -0.25) is 4.79 Å². The highest BCUT2D eigenvalue weighted by Gasteiger charge is 2.46. The van der Waals surface area contributed by atoms with Crippen LogP contribution in [0.25, 0.3) is 0 Å². The third-order valence-corrected chi connectivity index (χ3v) is 10.0. The second-order valence-electron chi connectivity index (χ2n) is 14.3. The number of hydrogen-bond acceptors (Lipinski definition) is 8. The van der Waals surface area contributed by atoms with Crippen LogP contribution in [-0.4, -0.2) is 63.2 Å². The smallest absolute Gasteiger partial charge is 0.338 e. The zero-order chi connectivity index (χ0) is 34.2. The molecule has 48 heavy (non-hydrogen) atoms. The molecule has 0 N–H and O–H groups in total. The van der Waals surface area contributed by atoms with Crippen LogP contribution in [0.4, 0.5) is 0 Å². The topological polar surface area (TPSA) is 89.5 Å². The SMILES string of the molecule is CCCCC(C)(C)[C@@H](C=C[C@@H]1[C@@H](CC=CCCCC(=O)OC)[C@@H](OC2CCCCO2)C[C@H]1OC(=O)c1ccccc1)OC1CCCCO1. The van der Waals surface area contributed by atoms with Gasteiger partial charge in [-0.25, -0.2) is 4.79 Å². The first-order chi connectivity index (χ1) is 23.3. The van der Waals surface area contributed by atoms with E-state index in [-0.39, 0.29) is 60.1 Å². The van der Waals surface area contributed by atoms with Gasteiger partial charge in [0.1, 0.15) is 6.10 Å². The molecule has 0 bridgehead atoms. The minimum Gasteiger partial charge on any atom is -0.469 e. The summed E-state index contributed by atoms with van der Waals surface area (Å²) >= 11 is 0. The van der Waals surface area contributed by atoms with Crippen LogP contribution in [0.3, 0.4) is 0 Å². The lowest BCUT2D eigenvalue weighted by Crippen LogP contribution is -2.36. The molecule has 0 spiro atoms. The van der Waals surface area contributed by atoms with Crippen LogP contribution < -0.4 is 0 Å². The fourth-order valence-corrected chi connectivity index (χ4v) is 7.05. The van der Waals surface area contributed by atoms with E-state index in [1.54, 1.807) is 12.1 Å². The quantitative estimate of drug-likeness (QED) is 0.0872. The molecule has 2 saturated heterocycles. The van der Waals surface area contributed by atoms with Crippen LogP contribution in [0.15, 0.2) is 54.6 Å². The van der Waals surface area contributed by atoms with E-state index in [4.69, 9.17) is 28.4 Å². The summed E-state index contributed by atoms with van der Waals surface area (Å²) < 4.78 is 36.6. The van der Waals surface area contributed by atoms with Gasteiger partial charge in [-0.15, -0.1) is 0 Å². The molecule has 3 aliphatic rings. The van der Waals surface area contributed by atoms with Crippen molar-refractivity contribution in [1.82, 2.24) is 0 Å². The number of rotatable bonds is 18. The summed E-state index contributed by atoms with van der Waals surface area (Å²) in [4.78, 5) is 25.0. The van der Waals surface area contributed by atoms with Crippen molar-refractivity contribution >= 4 is 11.9 Å². The predicted molar refractivity (Wildman–Crippen MR) is 186 cm³/mol. The lowest BCUT2D eigenvalue weighted by molar-refractivity contribution is -0.198. The number of allylic oxidation sites excluding steroid dienone is 2. The van der Waals surface area contributed by atoms with Gasteiger partial charge in [-0.05, 0) is 87.7 Å². The van der Waals surface area contributed by atoms with Crippen molar-refractivity contribution in [2.24, 2.45) is 17.3 Å². The van der Waals surface area contributed by atoms with E-state index in [0.29, 0.717) is 25.0 Å². The predicted octanol–water partition coefficient (Wildman–Crippen LogP) is 8.73. The molecule has 0 amide bonds. The average molecular weight is 669 g/mol. The van der Waals surface area contributed by atoms with Crippen LogP contribution in [0, 0.1) is 17.3 Å². The Hall–Kier alpha value is -2.52. The summed E-state index contributed by atoms with van der Waals surface area (Å²) in [7, 11) is 1.42. The molecule has 2 aliphatic heterocycles. The fourth-order valence-electron chi connectivity index (χ4n) is 7.05. The number of unbranched alkanes of at least 4 members (excludes halogenated alkanes) is 2. The molecule has 8 heteroatoms. The maximum atomic E-state index is 13.4. The molecule has 2 unspecified atom stereocenters. The minimum atomic E-state index is -0.370. The molecule has 2 heterocycles.